The van der Waals surface area contributed by atoms with Crippen LogP contribution in [0, 0.1) is 0 Å². The summed E-state index contributed by atoms with van der Waals surface area (Å²) in [5, 5.41) is 12.3. The molecule has 6 nitrogen and oxygen atoms in total. The van der Waals surface area contributed by atoms with E-state index < -0.39 is 0 Å². The fraction of sp³-hybridized carbons (Fsp3) is 0.190. The van der Waals surface area contributed by atoms with E-state index >= 15 is 0 Å². The van der Waals surface area contributed by atoms with Crippen molar-refractivity contribution in [3.63, 3.8) is 0 Å². The summed E-state index contributed by atoms with van der Waals surface area (Å²) in [6.45, 7) is 0. The molecule has 0 spiro atoms. The Balaban J connectivity index is 1.50. The summed E-state index contributed by atoms with van der Waals surface area (Å²) < 4.78 is 10.3. The molecule has 0 radical (unpaired) electrons. The number of ether oxygens (including phenoxy) is 2. The summed E-state index contributed by atoms with van der Waals surface area (Å²) in [4.78, 5) is 12.1. The maximum absolute atomic E-state index is 12.1. The summed E-state index contributed by atoms with van der Waals surface area (Å²) in [7, 11) is 3.27. The second kappa shape index (κ2) is 9.66. The second-order valence-corrected chi connectivity index (χ2v) is 7.01. The fourth-order valence-corrected chi connectivity index (χ4v) is 3.22. The van der Waals surface area contributed by atoms with Crippen molar-refractivity contribution in [2.45, 2.75) is 12.8 Å². The standard InChI is InChI=1S/C21H21N3O3S/c1-26-17-9-3-15(4-10-17)7-13-19(25)22-21-24-23-20(28-21)14-8-16-5-11-18(27-2)12-6-16/h3-7,9-13H,8,14H2,1-2H3,(H,22,24,25)/b13-7+. The number of aryl methyl sites for hydroxylation is 2. The summed E-state index contributed by atoms with van der Waals surface area (Å²) in [6, 6.07) is 15.4. The van der Waals surface area contributed by atoms with Crippen LogP contribution in [0.25, 0.3) is 6.08 Å². The van der Waals surface area contributed by atoms with Gasteiger partial charge in [0.05, 0.1) is 14.2 Å². The first-order chi connectivity index (χ1) is 13.7. The van der Waals surface area contributed by atoms with Gasteiger partial charge in [0, 0.05) is 12.5 Å². The minimum atomic E-state index is -0.242. The van der Waals surface area contributed by atoms with Gasteiger partial charge in [-0.3, -0.25) is 10.1 Å². The van der Waals surface area contributed by atoms with E-state index in [9.17, 15) is 4.79 Å². The van der Waals surface area contributed by atoms with Crippen molar-refractivity contribution in [2.75, 3.05) is 19.5 Å². The first-order valence-electron chi connectivity index (χ1n) is 8.74. The third kappa shape index (κ3) is 5.65. The van der Waals surface area contributed by atoms with Gasteiger partial charge >= 0.3 is 0 Å². The Morgan fingerprint density at radius 1 is 0.964 bits per heavy atom. The zero-order valence-electron chi connectivity index (χ0n) is 15.7. The van der Waals surface area contributed by atoms with Crippen LogP contribution in [-0.4, -0.2) is 30.3 Å². The summed E-state index contributed by atoms with van der Waals surface area (Å²) in [5.74, 6) is 1.37. The summed E-state index contributed by atoms with van der Waals surface area (Å²) in [6.07, 6.45) is 4.83. The Morgan fingerprint density at radius 2 is 1.61 bits per heavy atom. The Labute approximate surface area is 167 Å². The molecule has 2 aromatic carbocycles. The maximum Gasteiger partial charge on any atom is 0.250 e. The maximum atomic E-state index is 12.1. The molecule has 28 heavy (non-hydrogen) atoms. The summed E-state index contributed by atoms with van der Waals surface area (Å²) in [5.41, 5.74) is 2.11. The number of hydrogen-bond donors (Lipinski definition) is 1. The molecule has 1 aromatic heterocycles. The lowest BCUT2D eigenvalue weighted by Gasteiger charge is -2.01. The number of nitrogens with zero attached hydrogens (tertiary/aromatic N) is 2. The molecule has 1 N–H and O–H groups in total. The van der Waals surface area contributed by atoms with Gasteiger partial charge in [0.1, 0.15) is 16.5 Å². The average Bonchev–Trinajstić information content (AvgIpc) is 3.18. The van der Waals surface area contributed by atoms with Gasteiger partial charge < -0.3 is 9.47 Å². The SMILES string of the molecule is COc1ccc(/C=C/C(=O)Nc2nnc(CCc3ccc(OC)cc3)s2)cc1. The van der Waals surface area contributed by atoms with Crippen LogP contribution >= 0.6 is 11.3 Å². The number of methoxy groups -OCH3 is 2. The molecule has 1 amide bonds. The predicted octanol–water partition coefficient (Wildman–Crippen LogP) is 3.99. The molecule has 0 bridgehead atoms. The van der Waals surface area contributed by atoms with Crippen LogP contribution in [0.15, 0.2) is 54.6 Å². The van der Waals surface area contributed by atoms with E-state index in [0.29, 0.717) is 5.13 Å². The Bertz CT molecular complexity index is 934. The molecule has 0 unspecified atom stereocenters. The van der Waals surface area contributed by atoms with E-state index in [-0.39, 0.29) is 5.91 Å². The zero-order chi connectivity index (χ0) is 19.8. The molecule has 0 aliphatic carbocycles. The van der Waals surface area contributed by atoms with Gasteiger partial charge in [-0.1, -0.05) is 35.6 Å². The summed E-state index contributed by atoms with van der Waals surface area (Å²) >= 11 is 1.39. The molecule has 3 rings (SSSR count). The van der Waals surface area contributed by atoms with Crippen LogP contribution in [0.3, 0.4) is 0 Å². The van der Waals surface area contributed by atoms with Crippen LogP contribution < -0.4 is 14.8 Å². The third-order valence-electron chi connectivity index (χ3n) is 4.03. The molecule has 0 saturated heterocycles. The van der Waals surface area contributed by atoms with Gasteiger partial charge in [0.15, 0.2) is 0 Å². The highest BCUT2D eigenvalue weighted by atomic mass is 32.1. The van der Waals surface area contributed by atoms with E-state index in [1.165, 1.54) is 23.0 Å². The smallest absolute Gasteiger partial charge is 0.250 e. The minimum Gasteiger partial charge on any atom is -0.497 e. The first kappa shape index (κ1) is 19.6. The monoisotopic (exact) mass is 395 g/mol. The number of nitrogens with one attached hydrogen (secondary N) is 1. The molecular weight excluding hydrogens is 374 g/mol. The molecule has 144 valence electrons. The lowest BCUT2D eigenvalue weighted by atomic mass is 10.1. The molecule has 0 atom stereocenters. The minimum absolute atomic E-state index is 0.242. The molecule has 0 fully saturated rings. The van der Waals surface area contributed by atoms with Crippen molar-refractivity contribution in [3.8, 4) is 11.5 Å². The van der Waals surface area contributed by atoms with Crippen LogP contribution in [0.4, 0.5) is 5.13 Å². The number of carbonyl (C=O) groups is 1. The largest absolute Gasteiger partial charge is 0.497 e. The highest BCUT2D eigenvalue weighted by Gasteiger charge is 2.07. The number of aromatic nitrogens is 2. The first-order valence-corrected chi connectivity index (χ1v) is 9.56. The van der Waals surface area contributed by atoms with Gasteiger partial charge in [-0.15, -0.1) is 10.2 Å². The number of amides is 1. The van der Waals surface area contributed by atoms with E-state index in [1.807, 2.05) is 48.5 Å². The number of rotatable bonds is 8. The molecule has 1 heterocycles. The van der Waals surface area contributed by atoms with Crippen molar-refractivity contribution >= 4 is 28.5 Å². The Kier molecular flexibility index (Phi) is 6.75. The molecule has 0 aliphatic rings. The lowest BCUT2D eigenvalue weighted by molar-refractivity contribution is -0.111. The van der Waals surface area contributed by atoms with Crippen molar-refractivity contribution in [1.29, 1.82) is 0 Å². The quantitative estimate of drug-likeness (QED) is 0.584. The van der Waals surface area contributed by atoms with E-state index in [2.05, 4.69) is 15.5 Å². The second-order valence-electron chi connectivity index (χ2n) is 5.94. The number of carbonyl (C=O) groups excluding carboxylic acids is 1. The van der Waals surface area contributed by atoms with E-state index in [0.717, 1.165) is 34.9 Å². The highest BCUT2D eigenvalue weighted by Crippen LogP contribution is 2.19. The molecule has 3 aromatic rings. The predicted molar refractivity (Wildman–Crippen MR) is 111 cm³/mol. The van der Waals surface area contributed by atoms with Gasteiger partial charge in [0.2, 0.25) is 11.0 Å². The number of anilines is 1. The number of hydrogen-bond acceptors (Lipinski definition) is 6. The third-order valence-corrected chi connectivity index (χ3v) is 4.92. The van der Waals surface area contributed by atoms with Gasteiger partial charge in [0.25, 0.3) is 0 Å². The number of benzene rings is 2. The van der Waals surface area contributed by atoms with Crippen molar-refractivity contribution in [2.24, 2.45) is 0 Å². The fourth-order valence-electron chi connectivity index (χ4n) is 2.48. The molecule has 0 saturated carbocycles. The van der Waals surface area contributed by atoms with E-state index in [4.69, 9.17) is 9.47 Å². The van der Waals surface area contributed by atoms with Gasteiger partial charge in [-0.05, 0) is 47.9 Å². The van der Waals surface area contributed by atoms with Crippen LogP contribution in [0.5, 0.6) is 11.5 Å². The molecular formula is C21H21N3O3S. The average molecular weight is 395 g/mol. The highest BCUT2D eigenvalue weighted by molar-refractivity contribution is 7.15. The van der Waals surface area contributed by atoms with Crippen LogP contribution in [0.2, 0.25) is 0 Å². The normalized spacial score (nSPS) is 10.8. The lowest BCUT2D eigenvalue weighted by Crippen LogP contribution is -2.07. The van der Waals surface area contributed by atoms with E-state index in [1.54, 1.807) is 20.3 Å². The Morgan fingerprint density at radius 3 is 2.25 bits per heavy atom. The zero-order valence-corrected chi connectivity index (χ0v) is 16.5. The topological polar surface area (TPSA) is 73.3 Å². The Hall–Kier alpha value is -3.19. The van der Waals surface area contributed by atoms with Crippen molar-refractivity contribution in [3.05, 3.63) is 70.7 Å². The molecule has 7 heteroatoms. The van der Waals surface area contributed by atoms with Crippen LogP contribution in [0.1, 0.15) is 16.1 Å². The van der Waals surface area contributed by atoms with Crippen molar-refractivity contribution < 1.29 is 14.3 Å². The molecule has 0 aliphatic heterocycles. The van der Waals surface area contributed by atoms with Crippen LogP contribution in [-0.2, 0) is 17.6 Å². The van der Waals surface area contributed by atoms with Crippen molar-refractivity contribution in [1.82, 2.24) is 10.2 Å². The van der Waals surface area contributed by atoms with Gasteiger partial charge in [-0.2, -0.15) is 0 Å². The van der Waals surface area contributed by atoms with Gasteiger partial charge in [-0.25, -0.2) is 0 Å².